The van der Waals surface area contributed by atoms with Gasteiger partial charge in [0, 0.05) is 26.1 Å². The molecule has 0 atom stereocenters. The van der Waals surface area contributed by atoms with Gasteiger partial charge in [0.2, 0.25) is 15.9 Å². The average Bonchev–Trinajstić information content (AvgIpc) is 2.41. The van der Waals surface area contributed by atoms with Crippen LogP contribution in [0.15, 0.2) is 43.0 Å². The number of hydrogen-bond donors (Lipinski definition) is 1. The first-order valence-corrected chi connectivity index (χ1v) is 8.15. The zero-order chi connectivity index (χ0) is 15.0. The summed E-state index contributed by atoms with van der Waals surface area (Å²) in [7, 11) is -3.31. The molecule has 6 heteroatoms. The van der Waals surface area contributed by atoms with Gasteiger partial charge in [-0.3, -0.25) is 4.79 Å². The van der Waals surface area contributed by atoms with Crippen LogP contribution in [0, 0.1) is 0 Å². The topological polar surface area (TPSA) is 66.5 Å². The smallest absolute Gasteiger partial charge is 0.221 e. The van der Waals surface area contributed by atoms with Crippen molar-refractivity contribution in [2.24, 2.45) is 0 Å². The molecule has 0 aromatic heterocycles. The number of amides is 1. The van der Waals surface area contributed by atoms with Crippen molar-refractivity contribution in [2.45, 2.75) is 13.0 Å². The number of sulfonamides is 1. The first kappa shape index (κ1) is 16.4. The molecule has 0 heterocycles. The van der Waals surface area contributed by atoms with E-state index < -0.39 is 10.0 Å². The van der Waals surface area contributed by atoms with Crippen LogP contribution in [0.2, 0.25) is 0 Å². The summed E-state index contributed by atoms with van der Waals surface area (Å²) in [4.78, 5) is 11.7. The van der Waals surface area contributed by atoms with Crippen molar-refractivity contribution in [3.05, 3.63) is 48.6 Å². The molecule has 1 aromatic rings. The molecule has 20 heavy (non-hydrogen) atoms. The first-order chi connectivity index (χ1) is 9.43. The Kier molecular flexibility index (Phi) is 6.41. The van der Waals surface area contributed by atoms with E-state index in [2.05, 4.69) is 11.9 Å². The summed E-state index contributed by atoms with van der Waals surface area (Å²) in [5.41, 5.74) is 1.01. The van der Waals surface area contributed by atoms with Crippen LogP contribution in [-0.2, 0) is 21.4 Å². The Morgan fingerprint density at radius 1 is 1.35 bits per heavy atom. The average molecular weight is 296 g/mol. The molecule has 0 bridgehead atoms. The molecule has 0 aliphatic carbocycles. The van der Waals surface area contributed by atoms with Crippen molar-refractivity contribution in [2.75, 3.05) is 19.3 Å². The van der Waals surface area contributed by atoms with Gasteiger partial charge in [-0.05, 0) is 5.56 Å². The van der Waals surface area contributed by atoms with E-state index in [1.54, 1.807) is 0 Å². The van der Waals surface area contributed by atoms with E-state index in [0.29, 0.717) is 6.54 Å². The predicted molar refractivity (Wildman–Crippen MR) is 79.5 cm³/mol. The Balaban J connectivity index is 2.40. The number of rotatable bonds is 8. The van der Waals surface area contributed by atoms with Crippen LogP contribution in [-0.4, -0.2) is 38.0 Å². The van der Waals surface area contributed by atoms with Crippen molar-refractivity contribution in [1.29, 1.82) is 0 Å². The van der Waals surface area contributed by atoms with Crippen LogP contribution in [0.5, 0.6) is 0 Å². The molecule has 1 aromatic carbocycles. The van der Waals surface area contributed by atoms with E-state index in [0.717, 1.165) is 11.8 Å². The van der Waals surface area contributed by atoms with Crippen LogP contribution < -0.4 is 5.32 Å². The monoisotopic (exact) mass is 296 g/mol. The molecular formula is C14H20N2O3S. The van der Waals surface area contributed by atoms with Gasteiger partial charge >= 0.3 is 0 Å². The number of benzene rings is 1. The fourth-order valence-corrected chi connectivity index (χ4v) is 2.45. The third-order valence-corrected chi connectivity index (χ3v) is 3.99. The van der Waals surface area contributed by atoms with E-state index in [1.807, 2.05) is 30.3 Å². The highest BCUT2D eigenvalue weighted by atomic mass is 32.2. The fourth-order valence-electron chi connectivity index (χ4n) is 1.65. The van der Waals surface area contributed by atoms with Crippen LogP contribution in [0.25, 0.3) is 0 Å². The maximum atomic E-state index is 11.7. The molecule has 1 amide bonds. The second-order valence-corrected chi connectivity index (χ2v) is 6.40. The molecule has 5 nitrogen and oxygen atoms in total. The minimum atomic E-state index is -3.31. The molecule has 0 saturated heterocycles. The SMILES string of the molecule is C=CCN(CCC(=O)NCc1ccccc1)S(C)(=O)=O. The lowest BCUT2D eigenvalue weighted by Crippen LogP contribution is -2.34. The lowest BCUT2D eigenvalue weighted by atomic mass is 10.2. The summed E-state index contributed by atoms with van der Waals surface area (Å²) in [6.45, 7) is 4.33. The summed E-state index contributed by atoms with van der Waals surface area (Å²) in [6, 6.07) is 9.54. The second-order valence-electron chi connectivity index (χ2n) is 4.42. The molecule has 1 N–H and O–H groups in total. The van der Waals surface area contributed by atoms with Crippen LogP contribution in [0.4, 0.5) is 0 Å². The van der Waals surface area contributed by atoms with Crippen LogP contribution >= 0.6 is 0 Å². The number of carbonyl (C=O) groups is 1. The van der Waals surface area contributed by atoms with Crippen LogP contribution in [0.1, 0.15) is 12.0 Å². The molecule has 0 spiro atoms. The highest BCUT2D eigenvalue weighted by molar-refractivity contribution is 7.88. The normalized spacial score (nSPS) is 11.3. The van der Waals surface area contributed by atoms with Crippen LogP contribution in [0.3, 0.4) is 0 Å². The van der Waals surface area contributed by atoms with Crippen molar-refractivity contribution in [3.8, 4) is 0 Å². The Bertz CT molecular complexity index is 541. The summed E-state index contributed by atoms with van der Waals surface area (Å²) < 4.78 is 24.1. The van der Waals surface area contributed by atoms with Gasteiger partial charge in [-0.2, -0.15) is 4.31 Å². The van der Waals surface area contributed by atoms with E-state index in [-0.39, 0.29) is 25.4 Å². The first-order valence-electron chi connectivity index (χ1n) is 6.30. The Morgan fingerprint density at radius 2 is 2.00 bits per heavy atom. The largest absolute Gasteiger partial charge is 0.352 e. The van der Waals surface area contributed by atoms with E-state index >= 15 is 0 Å². The summed E-state index contributed by atoms with van der Waals surface area (Å²) in [5, 5.41) is 2.76. The molecule has 0 radical (unpaired) electrons. The van der Waals surface area contributed by atoms with Gasteiger partial charge in [-0.15, -0.1) is 6.58 Å². The van der Waals surface area contributed by atoms with Crippen molar-refractivity contribution >= 4 is 15.9 Å². The fraction of sp³-hybridized carbons (Fsp3) is 0.357. The zero-order valence-electron chi connectivity index (χ0n) is 11.6. The maximum absolute atomic E-state index is 11.7. The lowest BCUT2D eigenvalue weighted by molar-refractivity contribution is -0.121. The molecule has 110 valence electrons. The van der Waals surface area contributed by atoms with Gasteiger partial charge in [-0.25, -0.2) is 8.42 Å². The highest BCUT2D eigenvalue weighted by Gasteiger charge is 2.15. The van der Waals surface area contributed by atoms with Crippen molar-refractivity contribution in [1.82, 2.24) is 9.62 Å². The lowest BCUT2D eigenvalue weighted by Gasteiger charge is -2.17. The number of hydrogen-bond acceptors (Lipinski definition) is 3. The molecule has 0 saturated carbocycles. The Morgan fingerprint density at radius 3 is 2.55 bits per heavy atom. The van der Waals surface area contributed by atoms with Crippen molar-refractivity contribution < 1.29 is 13.2 Å². The standard InChI is InChI=1S/C14H20N2O3S/c1-3-10-16(20(2,18)19)11-9-14(17)15-12-13-7-5-4-6-8-13/h3-8H,1,9-12H2,2H3,(H,15,17). The molecule has 0 aliphatic rings. The summed E-state index contributed by atoms with van der Waals surface area (Å²) in [5.74, 6) is -0.174. The van der Waals surface area contributed by atoms with Gasteiger partial charge in [0.1, 0.15) is 0 Å². The third-order valence-electron chi connectivity index (χ3n) is 2.72. The Hall–Kier alpha value is -1.66. The number of nitrogens with zero attached hydrogens (tertiary/aromatic N) is 1. The van der Waals surface area contributed by atoms with Gasteiger partial charge in [-0.1, -0.05) is 36.4 Å². The zero-order valence-corrected chi connectivity index (χ0v) is 12.4. The van der Waals surface area contributed by atoms with Gasteiger partial charge in [0.05, 0.1) is 6.26 Å². The van der Waals surface area contributed by atoms with Gasteiger partial charge in [0.15, 0.2) is 0 Å². The minimum absolute atomic E-state index is 0.133. The quantitative estimate of drug-likeness (QED) is 0.732. The van der Waals surface area contributed by atoms with E-state index in [4.69, 9.17) is 0 Å². The second kappa shape index (κ2) is 7.81. The molecule has 1 rings (SSSR count). The third kappa shape index (κ3) is 5.99. The molecule has 0 aliphatic heterocycles. The van der Waals surface area contributed by atoms with E-state index in [1.165, 1.54) is 10.4 Å². The maximum Gasteiger partial charge on any atom is 0.221 e. The summed E-state index contributed by atoms with van der Waals surface area (Å²) in [6.07, 6.45) is 2.76. The predicted octanol–water partition coefficient (Wildman–Crippen LogP) is 1.14. The molecule has 0 fully saturated rings. The Labute approximate surface area is 120 Å². The van der Waals surface area contributed by atoms with E-state index in [9.17, 15) is 13.2 Å². The van der Waals surface area contributed by atoms with Crippen molar-refractivity contribution in [3.63, 3.8) is 0 Å². The minimum Gasteiger partial charge on any atom is -0.352 e. The number of carbonyl (C=O) groups excluding carboxylic acids is 1. The summed E-state index contributed by atoms with van der Waals surface area (Å²) >= 11 is 0. The van der Waals surface area contributed by atoms with Gasteiger partial charge < -0.3 is 5.32 Å². The number of nitrogens with one attached hydrogen (secondary N) is 1. The molecular weight excluding hydrogens is 276 g/mol. The molecule has 0 unspecified atom stereocenters. The highest BCUT2D eigenvalue weighted by Crippen LogP contribution is 2.01. The van der Waals surface area contributed by atoms with Gasteiger partial charge in [0.25, 0.3) is 0 Å².